The molecule has 4 rings (SSSR count). The zero-order valence-corrected chi connectivity index (χ0v) is 14.9. The van der Waals surface area contributed by atoms with Crippen molar-refractivity contribution in [2.24, 2.45) is 0 Å². The van der Waals surface area contributed by atoms with Gasteiger partial charge in [-0.15, -0.1) is 0 Å². The minimum atomic E-state index is -0.218. The third kappa shape index (κ3) is 4.28. The summed E-state index contributed by atoms with van der Waals surface area (Å²) in [5.74, 6) is 0.489. The molecule has 6 heteroatoms. The van der Waals surface area contributed by atoms with Crippen molar-refractivity contribution in [3.05, 3.63) is 82.2 Å². The molecular weight excluding hydrogens is 343 g/mol. The second-order valence-electron chi connectivity index (χ2n) is 6.93. The number of rotatable bonds is 4. The third-order valence-electron chi connectivity index (χ3n) is 4.91. The van der Waals surface area contributed by atoms with Crippen LogP contribution >= 0.6 is 0 Å². The summed E-state index contributed by atoms with van der Waals surface area (Å²) < 4.78 is 13.1. The van der Waals surface area contributed by atoms with Gasteiger partial charge in [-0.2, -0.15) is 0 Å². The van der Waals surface area contributed by atoms with Crippen LogP contribution in [0.2, 0.25) is 0 Å². The topological polar surface area (TPSA) is 61.9 Å². The maximum atomic E-state index is 13.1. The van der Waals surface area contributed by atoms with Crippen LogP contribution in [0, 0.1) is 5.82 Å². The summed E-state index contributed by atoms with van der Waals surface area (Å²) in [4.78, 5) is 26.2. The van der Waals surface area contributed by atoms with Crippen molar-refractivity contribution in [1.82, 2.24) is 19.9 Å². The Labute approximate surface area is 156 Å². The Morgan fingerprint density at radius 1 is 1.19 bits per heavy atom. The van der Waals surface area contributed by atoms with E-state index in [-0.39, 0.29) is 17.3 Å². The Morgan fingerprint density at radius 2 is 2.04 bits per heavy atom. The summed E-state index contributed by atoms with van der Waals surface area (Å²) >= 11 is 0. The molecule has 0 unspecified atom stereocenters. The summed E-state index contributed by atoms with van der Waals surface area (Å²) in [5.41, 5.74) is 2.40. The normalized spacial score (nSPS) is 17.7. The molecule has 27 heavy (non-hydrogen) atoms. The molecule has 0 bridgehead atoms. The van der Waals surface area contributed by atoms with Crippen molar-refractivity contribution >= 4 is 0 Å². The lowest BCUT2D eigenvalue weighted by Gasteiger charge is -2.32. The zero-order chi connectivity index (χ0) is 18.6. The van der Waals surface area contributed by atoms with Crippen molar-refractivity contribution in [2.75, 3.05) is 13.1 Å². The average Bonchev–Trinajstić information content (AvgIpc) is 2.70. The summed E-state index contributed by atoms with van der Waals surface area (Å²) in [6, 6.07) is 13.8. The van der Waals surface area contributed by atoms with E-state index in [2.05, 4.69) is 19.9 Å². The number of benzene rings is 1. The van der Waals surface area contributed by atoms with Gasteiger partial charge in [-0.25, -0.2) is 9.37 Å². The predicted octanol–water partition coefficient (Wildman–Crippen LogP) is 3.35. The zero-order valence-electron chi connectivity index (χ0n) is 14.9. The summed E-state index contributed by atoms with van der Waals surface area (Å²) in [5, 5.41) is 0. The molecule has 3 aromatic rings. The molecule has 5 nitrogen and oxygen atoms in total. The van der Waals surface area contributed by atoms with Crippen LogP contribution in [0.5, 0.6) is 0 Å². The lowest BCUT2D eigenvalue weighted by atomic mass is 9.94. The fraction of sp³-hybridized carbons (Fsp3) is 0.286. The van der Waals surface area contributed by atoms with Crippen molar-refractivity contribution in [3.8, 4) is 11.5 Å². The Kier molecular flexibility index (Phi) is 5.07. The number of hydrogen-bond donors (Lipinski definition) is 1. The number of nitrogens with one attached hydrogen (secondary N) is 1. The number of pyridine rings is 1. The monoisotopic (exact) mass is 364 g/mol. The fourth-order valence-corrected chi connectivity index (χ4v) is 3.60. The first-order valence-electron chi connectivity index (χ1n) is 9.17. The van der Waals surface area contributed by atoms with Crippen LogP contribution in [-0.2, 0) is 6.54 Å². The fourth-order valence-electron chi connectivity index (χ4n) is 3.60. The highest BCUT2D eigenvalue weighted by Crippen LogP contribution is 2.27. The summed E-state index contributed by atoms with van der Waals surface area (Å²) in [6.45, 7) is 2.59. The molecular formula is C21H21FN4O. The van der Waals surface area contributed by atoms with Crippen molar-refractivity contribution in [2.45, 2.75) is 25.3 Å². The lowest BCUT2D eigenvalue weighted by molar-refractivity contribution is 0.198. The largest absolute Gasteiger partial charge is 0.305 e. The van der Waals surface area contributed by atoms with Gasteiger partial charge in [-0.3, -0.25) is 14.7 Å². The Balaban J connectivity index is 1.53. The van der Waals surface area contributed by atoms with E-state index in [0.717, 1.165) is 43.7 Å². The maximum absolute atomic E-state index is 13.1. The lowest BCUT2D eigenvalue weighted by Crippen LogP contribution is -2.34. The van der Waals surface area contributed by atoms with Gasteiger partial charge in [0.2, 0.25) is 0 Å². The van der Waals surface area contributed by atoms with Gasteiger partial charge in [0.05, 0.1) is 5.69 Å². The van der Waals surface area contributed by atoms with Gasteiger partial charge >= 0.3 is 0 Å². The van der Waals surface area contributed by atoms with Crippen molar-refractivity contribution in [3.63, 3.8) is 0 Å². The number of piperidine rings is 1. The number of halogens is 1. The molecule has 0 saturated carbocycles. The summed E-state index contributed by atoms with van der Waals surface area (Å²) in [7, 11) is 0. The van der Waals surface area contributed by atoms with Gasteiger partial charge < -0.3 is 4.98 Å². The first kappa shape index (κ1) is 17.5. The molecule has 138 valence electrons. The van der Waals surface area contributed by atoms with Crippen molar-refractivity contribution < 1.29 is 4.39 Å². The number of likely N-dealkylation sites (tertiary alicyclic amines) is 1. The molecule has 1 aromatic carbocycles. The number of aromatic amines is 1. The van der Waals surface area contributed by atoms with Crippen LogP contribution in [-0.4, -0.2) is 32.9 Å². The first-order chi connectivity index (χ1) is 13.2. The molecule has 1 N–H and O–H groups in total. The molecule has 1 saturated heterocycles. The van der Waals surface area contributed by atoms with Crippen LogP contribution in [0.1, 0.15) is 30.0 Å². The minimum Gasteiger partial charge on any atom is -0.305 e. The van der Waals surface area contributed by atoms with Crippen LogP contribution in [0.15, 0.2) is 59.5 Å². The average molecular weight is 364 g/mol. The minimum absolute atomic E-state index is 0.156. The number of nitrogens with zero attached hydrogens (tertiary/aromatic N) is 3. The van der Waals surface area contributed by atoms with Gasteiger partial charge in [0, 0.05) is 31.3 Å². The van der Waals surface area contributed by atoms with Crippen LogP contribution in [0.25, 0.3) is 11.5 Å². The van der Waals surface area contributed by atoms with E-state index < -0.39 is 0 Å². The third-order valence-corrected chi connectivity index (χ3v) is 4.91. The Hall–Kier alpha value is -2.86. The molecule has 1 aliphatic rings. The quantitative estimate of drug-likeness (QED) is 0.771. The molecule has 3 heterocycles. The van der Waals surface area contributed by atoms with E-state index in [1.54, 1.807) is 12.3 Å². The van der Waals surface area contributed by atoms with Gasteiger partial charge in [0.15, 0.2) is 5.82 Å². The highest BCUT2D eigenvalue weighted by Gasteiger charge is 2.23. The highest BCUT2D eigenvalue weighted by molar-refractivity contribution is 5.48. The number of hydrogen-bond acceptors (Lipinski definition) is 4. The summed E-state index contributed by atoms with van der Waals surface area (Å²) in [6.07, 6.45) is 3.73. The molecule has 0 radical (unpaired) electrons. The Bertz CT molecular complexity index is 956. The molecule has 1 aliphatic heterocycles. The van der Waals surface area contributed by atoms with Crippen LogP contribution in [0.4, 0.5) is 4.39 Å². The van der Waals surface area contributed by atoms with E-state index in [9.17, 15) is 9.18 Å². The second kappa shape index (κ2) is 7.80. The van der Waals surface area contributed by atoms with E-state index in [1.165, 1.54) is 12.1 Å². The van der Waals surface area contributed by atoms with Gasteiger partial charge in [-0.05, 0) is 49.2 Å². The predicted molar refractivity (Wildman–Crippen MR) is 102 cm³/mol. The molecule has 0 spiro atoms. The van der Waals surface area contributed by atoms with E-state index in [0.29, 0.717) is 11.5 Å². The van der Waals surface area contributed by atoms with Gasteiger partial charge in [0.25, 0.3) is 5.56 Å². The van der Waals surface area contributed by atoms with Crippen LogP contribution in [0.3, 0.4) is 0 Å². The smallest absolute Gasteiger partial charge is 0.251 e. The van der Waals surface area contributed by atoms with E-state index in [4.69, 9.17) is 0 Å². The van der Waals surface area contributed by atoms with E-state index >= 15 is 0 Å². The van der Waals surface area contributed by atoms with Crippen LogP contribution < -0.4 is 5.56 Å². The number of H-pyrrole nitrogens is 1. The second-order valence-corrected chi connectivity index (χ2v) is 6.93. The molecule has 2 aromatic heterocycles. The van der Waals surface area contributed by atoms with Gasteiger partial charge in [-0.1, -0.05) is 18.2 Å². The highest BCUT2D eigenvalue weighted by atomic mass is 19.1. The molecule has 0 aliphatic carbocycles. The standard InChI is InChI=1S/C21H21FN4O/c22-17-8-6-15(7-9-17)13-26-11-3-4-16(14-26)19-12-20(27)25-21(24-19)18-5-1-2-10-23-18/h1-2,5-10,12,16H,3-4,11,13-14H2,(H,24,25,27)/t16-/m0/s1. The van der Waals surface area contributed by atoms with Gasteiger partial charge in [0.1, 0.15) is 11.5 Å². The number of aromatic nitrogens is 3. The first-order valence-corrected chi connectivity index (χ1v) is 9.17. The Morgan fingerprint density at radius 3 is 2.81 bits per heavy atom. The molecule has 1 atom stereocenters. The molecule has 1 fully saturated rings. The SMILES string of the molecule is O=c1cc([C@H]2CCCN(Cc3ccc(F)cc3)C2)nc(-c2ccccn2)[nH]1. The van der Waals surface area contributed by atoms with E-state index in [1.807, 2.05) is 30.3 Å². The molecule has 0 amide bonds. The van der Waals surface area contributed by atoms with Crippen molar-refractivity contribution in [1.29, 1.82) is 0 Å². The maximum Gasteiger partial charge on any atom is 0.251 e.